The number of halogens is 1. The lowest BCUT2D eigenvalue weighted by atomic mass is 10.2. The number of aryl methyl sites for hydroxylation is 1. The Morgan fingerprint density at radius 1 is 1.41 bits per heavy atom. The van der Waals surface area contributed by atoms with Gasteiger partial charge in [0.25, 0.3) is 0 Å². The van der Waals surface area contributed by atoms with Crippen LogP contribution in [0.1, 0.15) is 17.5 Å². The summed E-state index contributed by atoms with van der Waals surface area (Å²) < 4.78 is 0. The Bertz CT molecular complexity index is 545. The summed E-state index contributed by atoms with van der Waals surface area (Å²) in [5, 5.41) is 9.10. The molecule has 3 N–H and O–H groups in total. The van der Waals surface area contributed by atoms with Crippen LogP contribution in [0.25, 0.3) is 10.6 Å². The van der Waals surface area contributed by atoms with Crippen LogP contribution in [0, 0.1) is 5.41 Å². The maximum absolute atomic E-state index is 7.52. The second-order valence-electron chi connectivity index (χ2n) is 3.57. The molecule has 0 unspecified atom stereocenters. The Morgan fingerprint density at radius 3 is 2.53 bits per heavy atom. The van der Waals surface area contributed by atoms with Crippen LogP contribution in [0.4, 0.5) is 0 Å². The number of hydrogen-bond acceptors (Lipinski definition) is 3. The summed E-state index contributed by atoms with van der Waals surface area (Å²) in [6, 6.07) is 7.50. The molecule has 1 heterocycles. The third kappa shape index (κ3) is 2.48. The number of nitrogens with zero attached hydrogens (tertiary/aromatic N) is 1. The number of nitrogens with one attached hydrogen (secondary N) is 1. The maximum Gasteiger partial charge on any atom is 0.135 e. The van der Waals surface area contributed by atoms with E-state index in [9.17, 15) is 0 Å². The average molecular weight is 266 g/mol. The van der Waals surface area contributed by atoms with Crippen LogP contribution in [0.5, 0.6) is 0 Å². The van der Waals surface area contributed by atoms with Crippen molar-refractivity contribution in [1.29, 1.82) is 5.41 Å². The van der Waals surface area contributed by atoms with Crippen LogP contribution in [0.2, 0.25) is 5.02 Å². The summed E-state index contributed by atoms with van der Waals surface area (Å²) in [6.07, 6.45) is 0.777. The normalized spacial score (nSPS) is 10.5. The summed E-state index contributed by atoms with van der Waals surface area (Å²) >= 11 is 7.29. The lowest BCUT2D eigenvalue weighted by Crippen LogP contribution is -2.11. The van der Waals surface area contributed by atoms with E-state index < -0.39 is 0 Å². The standard InChI is InChI=1S/C12H12ClN3S/c1-2-9-10(11(14)15)17-12(16-9)7-3-5-8(13)6-4-7/h3-6H,2H2,1H3,(H3,14,15). The molecule has 0 aliphatic carbocycles. The molecule has 0 spiro atoms. The van der Waals surface area contributed by atoms with E-state index in [1.54, 1.807) is 0 Å². The Morgan fingerprint density at radius 2 is 2.06 bits per heavy atom. The van der Waals surface area contributed by atoms with E-state index >= 15 is 0 Å². The van der Waals surface area contributed by atoms with Crippen LogP contribution >= 0.6 is 22.9 Å². The third-order valence-corrected chi connectivity index (χ3v) is 3.80. The van der Waals surface area contributed by atoms with Crippen LogP contribution in [0.15, 0.2) is 24.3 Å². The van der Waals surface area contributed by atoms with Gasteiger partial charge in [-0.3, -0.25) is 5.41 Å². The molecule has 0 fully saturated rings. The molecule has 0 bridgehead atoms. The van der Waals surface area contributed by atoms with Gasteiger partial charge in [0.2, 0.25) is 0 Å². The minimum Gasteiger partial charge on any atom is -0.383 e. The van der Waals surface area contributed by atoms with E-state index in [0.717, 1.165) is 27.6 Å². The molecule has 0 atom stereocenters. The molecule has 0 aliphatic rings. The van der Waals surface area contributed by atoms with Gasteiger partial charge >= 0.3 is 0 Å². The molecule has 88 valence electrons. The van der Waals surface area contributed by atoms with Gasteiger partial charge in [-0.2, -0.15) is 0 Å². The van der Waals surface area contributed by atoms with Crippen molar-refractivity contribution in [3.8, 4) is 10.6 Å². The lowest BCUT2D eigenvalue weighted by molar-refractivity contribution is 1.06. The second-order valence-corrected chi connectivity index (χ2v) is 5.00. The topological polar surface area (TPSA) is 62.8 Å². The fraction of sp³-hybridized carbons (Fsp3) is 0.167. The van der Waals surface area contributed by atoms with E-state index in [4.69, 9.17) is 22.7 Å². The van der Waals surface area contributed by atoms with Crippen molar-refractivity contribution < 1.29 is 0 Å². The monoisotopic (exact) mass is 265 g/mol. The zero-order chi connectivity index (χ0) is 12.4. The van der Waals surface area contributed by atoms with Crippen molar-refractivity contribution in [3.05, 3.63) is 39.9 Å². The summed E-state index contributed by atoms with van der Waals surface area (Å²) in [4.78, 5) is 5.27. The first-order valence-corrected chi connectivity index (χ1v) is 6.41. The minimum absolute atomic E-state index is 0.0829. The SMILES string of the molecule is CCc1nc(-c2ccc(Cl)cc2)sc1C(=N)N. The lowest BCUT2D eigenvalue weighted by Gasteiger charge is -1.95. The van der Waals surface area contributed by atoms with Crippen molar-refractivity contribution in [3.63, 3.8) is 0 Å². The number of nitrogens with two attached hydrogens (primary N) is 1. The molecule has 0 aliphatic heterocycles. The fourth-order valence-electron chi connectivity index (χ4n) is 1.52. The Labute approximate surface area is 109 Å². The molecule has 0 saturated carbocycles. The van der Waals surface area contributed by atoms with Gasteiger partial charge in [0.05, 0.1) is 10.6 Å². The highest BCUT2D eigenvalue weighted by atomic mass is 35.5. The molecule has 0 radical (unpaired) electrons. The third-order valence-electron chi connectivity index (χ3n) is 2.37. The summed E-state index contributed by atoms with van der Waals surface area (Å²) in [5.74, 6) is 0.0829. The van der Waals surface area contributed by atoms with Crippen LogP contribution in [-0.2, 0) is 6.42 Å². The van der Waals surface area contributed by atoms with Gasteiger partial charge in [0.1, 0.15) is 10.8 Å². The molecule has 3 nitrogen and oxygen atoms in total. The van der Waals surface area contributed by atoms with Gasteiger partial charge < -0.3 is 5.73 Å². The number of benzene rings is 1. The predicted octanol–water partition coefficient (Wildman–Crippen LogP) is 3.31. The Balaban J connectivity index is 2.46. The number of thiazole rings is 1. The van der Waals surface area contributed by atoms with Gasteiger partial charge in [-0.15, -0.1) is 11.3 Å². The molecular formula is C12H12ClN3S. The molecule has 0 saturated heterocycles. The molecule has 1 aromatic heterocycles. The predicted molar refractivity (Wildman–Crippen MR) is 73.0 cm³/mol. The number of amidine groups is 1. The van der Waals surface area contributed by atoms with E-state index in [2.05, 4.69) is 4.98 Å². The van der Waals surface area contributed by atoms with Crippen LogP contribution in [-0.4, -0.2) is 10.8 Å². The van der Waals surface area contributed by atoms with E-state index in [0.29, 0.717) is 5.02 Å². The van der Waals surface area contributed by atoms with Gasteiger partial charge in [-0.25, -0.2) is 4.98 Å². The molecule has 2 rings (SSSR count). The number of nitrogen functional groups attached to an aromatic ring is 1. The highest BCUT2D eigenvalue weighted by molar-refractivity contribution is 7.17. The van der Waals surface area contributed by atoms with Gasteiger partial charge in [-0.1, -0.05) is 30.7 Å². The number of hydrogen-bond donors (Lipinski definition) is 2. The smallest absolute Gasteiger partial charge is 0.135 e. The first kappa shape index (κ1) is 12.1. The van der Waals surface area contributed by atoms with Crippen molar-refractivity contribution in [1.82, 2.24) is 4.98 Å². The van der Waals surface area contributed by atoms with E-state index in [-0.39, 0.29) is 5.84 Å². The van der Waals surface area contributed by atoms with Gasteiger partial charge in [0, 0.05) is 10.6 Å². The fourth-order valence-corrected chi connectivity index (χ4v) is 2.66. The zero-order valence-corrected chi connectivity index (χ0v) is 10.9. The quantitative estimate of drug-likeness (QED) is 0.661. The summed E-state index contributed by atoms with van der Waals surface area (Å²) in [5.41, 5.74) is 7.42. The van der Waals surface area contributed by atoms with Crippen LogP contribution < -0.4 is 5.73 Å². The van der Waals surface area contributed by atoms with Gasteiger partial charge in [0.15, 0.2) is 0 Å². The van der Waals surface area contributed by atoms with E-state index in [1.807, 2.05) is 31.2 Å². The van der Waals surface area contributed by atoms with Crippen molar-refractivity contribution in [2.24, 2.45) is 5.73 Å². The first-order valence-electron chi connectivity index (χ1n) is 5.22. The molecular weight excluding hydrogens is 254 g/mol. The second kappa shape index (κ2) is 4.85. The highest BCUT2D eigenvalue weighted by Gasteiger charge is 2.13. The summed E-state index contributed by atoms with van der Waals surface area (Å²) in [7, 11) is 0. The average Bonchev–Trinajstić information content (AvgIpc) is 2.74. The molecule has 17 heavy (non-hydrogen) atoms. The summed E-state index contributed by atoms with van der Waals surface area (Å²) in [6.45, 7) is 2.01. The first-order chi connectivity index (χ1) is 8.11. The van der Waals surface area contributed by atoms with Crippen molar-refractivity contribution in [2.75, 3.05) is 0 Å². The highest BCUT2D eigenvalue weighted by Crippen LogP contribution is 2.29. The number of aromatic nitrogens is 1. The largest absolute Gasteiger partial charge is 0.383 e. The minimum atomic E-state index is 0.0829. The number of rotatable bonds is 3. The molecule has 0 amide bonds. The Hall–Kier alpha value is -1.39. The van der Waals surface area contributed by atoms with E-state index in [1.165, 1.54) is 11.3 Å². The molecule has 2 aromatic rings. The Kier molecular flexibility index (Phi) is 3.45. The van der Waals surface area contributed by atoms with Gasteiger partial charge in [-0.05, 0) is 18.6 Å². The maximum atomic E-state index is 7.52. The zero-order valence-electron chi connectivity index (χ0n) is 9.33. The van der Waals surface area contributed by atoms with Crippen molar-refractivity contribution >= 4 is 28.8 Å². The molecule has 5 heteroatoms. The van der Waals surface area contributed by atoms with Crippen molar-refractivity contribution in [2.45, 2.75) is 13.3 Å². The van der Waals surface area contributed by atoms with Crippen LogP contribution in [0.3, 0.4) is 0 Å². The molecule has 1 aromatic carbocycles.